The smallest absolute Gasteiger partial charge is 0.308 e. The molecule has 0 saturated carbocycles. The number of amides is 2. The average Bonchev–Trinajstić information content (AvgIpc) is 3.51. The molecule has 2 aliphatic heterocycles. The van der Waals surface area contributed by atoms with E-state index in [4.69, 9.17) is 4.74 Å². The monoisotopic (exact) mass is 537 g/mol. The fraction of sp³-hybridized carbons (Fsp3) is 0.533. The molecular weight excluding hydrogens is 496 g/mol. The number of carboxylic acids is 1. The standard InChI is InChI=1S/C30H40N4O5/c1-5-6-14-34(24-8-7-13-31(3)18-24)28(36)20-33-19-25(22-9-10-27-23(17-22)12-16-39-27)29(30(37)38)26(33)11-15-32(4)21(2)35/h7-10,13,17-18,25-26,29H,5-6,11-12,14-16,19-20H2,1-4H3/p+1/t25-,26+,29-/m1/s1. The minimum Gasteiger partial charge on any atom is -0.493 e. The van der Waals surface area contributed by atoms with Crippen molar-refractivity contribution in [2.24, 2.45) is 13.0 Å². The highest BCUT2D eigenvalue weighted by Crippen LogP contribution is 2.41. The van der Waals surface area contributed by atoms with Gasteiger partial charge in [-0.25, -0.2) is 4.57 Å². The summed E-state index contributed by atoms with van der Waals surface area (Å²) >= 11 is 0. The van der Waals surface area contributed by atoms with E-state index in [1.54, 1.807) is 11.9 Å². The molecular formula is C30H41N4O5+. The van der Waals surface area contributed by atoms with Crippen LogP contribution in [0.3, 0.4) is 0 Å². The summed E-state index contributed by atoms with van der Waals surface area (Å²) in [6, 6.07) is 9.45. The van der Waals surface area contributed by atoms with E-state index in [-0.39, 0.29) is 30.3 Å². The van der Waals surface area contributed by atoms with Gasteiger partial charge in [0.15, 0.2) is 12.4 Å². The molecule has 2 aliphatic rings. The Balaban J connectivity index is 1.63. The summed E-state index contributed by atoms with van der Waals surface area (Å²) in [7, 11) is 3.65. The second-order valence-electron chi connectivity index (χ2n) is 10.8. The lowest BCUT2D eigenvalue weighted by atomic mass is 9.83. The Labute approximate surface area is 231 Å². The molecule has 0 radical (unpaired) electrons. The number of likely N-dealkylation sites (tertiary alicyclic amines) is 1. The summed E-state index contributed by atoms with van der Waals surface area (Å²) in [6.07, 6.45) is 6.97. The fourth-order valence-corrected chi connectivity index (χ4v) is 5.82. The minimum absolute atomic E-state index is 0.0493. The van der Waals surface area contributed by atoms with Gasteiger partial charge in [-0.3, -0.25) is 19.3 Å². The predicted octanol–water partition coefficient (Wildman–Crippen LogP) is 2.62. The van der Waals surface area contributed by atoms with Crippen molar-refractivity contribution in [3.63, 3.8) is 0 Å². The zero-order chi connectivity index (χ0) is 28.1. The van der Waals surface area contributed by atoms with Crippen molar-refractivity contribution in [2.45, 2.75) is 51.5 Å². The summed E-state index contributed by atoms with van der Waals surface area (Å²) in [5, 5.41) is 10.4. The first-order valence-electron chi connectivity index (χ1n) is 13.9. The van der Waals surface area contributed by atoms with Crippen molar-refractivity contribution >= 4 is 23.5 Å². The van der Waals surface area contributed by atoms with Crippen LogP contribution in [-0.2, 0) is 27.9 Å². The van der Waals surface area contributed by atoms with Crippen LogP contribution in [0.25, 0.3) is 0 Å². The second kappa shape index (κ2) is 12.6. The Morgan fingerprint density at radius 1 is 1.21 bits per heavy atom. The van der Waals surface area contributed by atoms with Gasteiger partial charge in [0.05, 0.1) is 19.1 Å². The molecule has 0 spiro atoms. The molecule has 0 aliphatic carbocycles. The van der Waals surface area contributed by atoms with Crippen LogP contribution < -0.4 is 14.2 Å². The molecule has 4 rings (SSSR count). The van der Waals surface area contributed by atoms with Crippen LogP contribution in [0.5, 0.6) is 5.75 Å². The van der Waals surface area contributed by atoms with Gasteiger partial charge >= 0.3 is 5.97 Å². The van der Waals surface area contributed by atoms with Gasteiger partial charge in [0, 0.05) is 58.1 Å². The number of hydrogen-bond acceptors (Lipinski definition) is 5. The van der Waals surface area contributed by atoms with Gasteiger partial charge in [-0.05, 0) is 36.1 Å². The number of carboxylic acid groups (broad SMARTS) is 1. The zero-order valence-electron chi connectivity index (χ0n) is 23.5. The number of fused-ring (bicyclic) bond motifs is 1. The molecule has 1 N–H and O–H groups in total. The van der Waals surface area contributed by atoms with Crippen molar-refractivity contribution < 1.29 is 28.8 Å². The number of rotatable bonds is 11. The molecule has 39 heavy (non-hydrogen) atoms. The number of hydrogen-bond donors (Lipinski definition) is 1. The Kier molecular flexibility index (Phi) is 9.22. The second-order valence-corrected chi connectivity index (χ2v) is 10.8. The van der Waals surface area contributed by atoms with E-state index in [1.165, 1.54) is 6.92 Å². The maximum atomic E-state index is 13.8. The number of ether oxygens (including phenoxy) is 1. The molecule has 3 atom stereocenters. The van der Waals surface area contributed by atoms with Crippen LogP contribution in [0, 0.1) is 5.92 Å². The molecule has 3 heterocycles. The largest absolute Gasteiger partial charge is 0.493 e. The number of aromatic nitrogens is 1. The lowest BCUT2D eigenvalue weighted by Gasteiger charge is -2.30. The van der Waals surface area contributed by atoms with E-state index in [2.05, 4.69) is 13.0 Å². The first-order chi connectivity index (χ1) is 18.7. The highest BCUT2D eigenvalue weighted by atomic mass is 16.5. The first-order valence-corrected chi connectivity index (χ1v) is 13.9. The number of anilines is 1. The molecule has 9 nitrogen and oxygen atoms in total. The van der Waals surface area contributed by atoms with Gasteiger partial charge < -0.3 is 19.6 Å². The van der Waals surface area contributed by atoms with Crippen LogP contribution in [0.15, 0.2) is 42.7 Å². The van der Waals surface area contributed by atoms with Crippen molar-refractivity contribution in [1.29, 1.82) is 0 Å². The zero-order valence-corrected chi connectivity index (χ0v) is 23.5. The summed E-state index contributed by atoms with van der Waals surface area (Å²) in [5.41, 5.74) is 2.89. The number of pyridine rings is 1. The summed E-state index contributed by atoms with van der Waals surface area (Å²) in [6.45, 7) is 5.84. The molecule has 9 heteroatoms. The Morgan fingerprint density at radius 3 is 2.69 bits per heavy atom. The van der Waals surface area contributed by atoms with Gasteiger partial charge in [-0.1, -0.05) is 25.5 Å². The molecule has 0 bridgehead atoms. The van der Waals surface area contributed by atoms with Crippen LogP contribution in [-0.4, -0.2) is 78.6 Å². The molecule has 0 unspecified atom stereocenters. The molecule has 210 valence electrons. The highest BCUT2D eigenvalue weighted by Gasteiger charge is 2.47. The van der Waals surface area contributed by atoms with Gasteiger partial charge in [-0.15, -0.1) is 0 Å². The predicted molar refractivity (Wildman–Crippen MR) is 148 cm³/mol. The van der Waals surface area contributed by atoms with Crippen molar-refractivity contribution in [1.82, 2.24) is 9.80 Å². The van der Waals surface area contributed by atoms with Gasteiger partial charge in [-0.2, -0.15) is 0 Å². The molecule has 2 amide bonds. The fourth-order valence-electron chi connectivity index (χ4n) is 5.82. The molecule has 1 fully saturated rings. The SMILES string of the molecule is CCCCN(C(=O)CN1C[C@H](c2ccc3c(c2)CCO3)[C@@H](C(=O)O)[C@@H]1CCN(C)C(C)=O)c1ccc[n+](C)c1. The quantitative estimate of drug-likeness (QED) is 0.443. The third-order valence-corrected chi connectivity index (χ3v) is 8.08. The van der Waals surface area contributed by atoms with E-state index in [0.29, 0.717) is 32.7 Å². The van der Waals surface area contributed by atoms with Gasteiger partial charge in [0.25, 0.3) is 0 Å². The van der Waals surface area contributed by atoms with Crippen LogP contribution in [0.1, 0.15) is 50.2 Å². The Hall–Kier alpha value is -3.46. The maximum Gasteiger partial charge on any atom is 0.308 e. The van der Waals surface area contributed by atoms with Crippen LogP contribution in [0.2, 0.25) is 0 Å². The average molecular weight is 538 g/mol. The first kappa shape index (κ1) is 28.5. The number of aliphatic carboxylic acids is 1. The summed E-state index contributed by atoms with van der Waals surface area (Å²) < 4.78 is 7.59. The van der Waals surface area contributed by atoms with Crippen LogP contribution >= 0.6 is 0 Å². The summed E-state index contributed by atoms with van der Waals surface area (Å²) in [4.78, 5) is 43.9. The topological polar surface area (TPSA) is 94.3 Å². The number of aryl methyl sites for hydroxylation is 1. The number of benzene rings is 1. The van der Waals surface area contributed by atoms with Gasteiger partial charge in [0.1, 0.15) is 18.5 Å². The molecule has 1 aromatic heterocycles. The minimum atomic E-state index is -0.875. The maximum absolute atomic E-state index is 13.8. The Morgan fingerprint density at radius 2 is 2.00 bits per heavy atom. The number of carbonyl (C=O) groups is 3. The lowest BCUT2D eigenvalue weighted by molar-refractivity contribution is -0.670. The molecule has 1 aromatic carbocycles. The third kappa shape index (κ3) is 6.58. The van der Waals surface area contributed by atoms with Gasteiger partial charge in [0.2, 0.25) is 11.8 Å². The third-order valence-electron chi connectivity index (χ3n) is 8.08. The van der Waals surface area contributed by atoms with Crippen molar-refractivity contribution in [3.05, 3.63) is 53.9 Å². The molecule has 1 saturated heterocycles. The van der Waals surface area contributed by atoms with E-state index in [0.717, 1.165) is 41.8 Å². The van der Waals surface area contributed by atoms with E-state index in [1.807, 2.05) is 58.1 Å². The van der Waals surface area contributed by atoms with E-state index in [9.17, 15) is 19.5 Å². The van der Waals surface area contributed by atoms with Crippen LogP contribution in [0.4, 0.5) is 5.69 Å². The summed E-state index contributed by atoms with van der Waals surface area (Å²) in [5.74, 6) is -1.10. The van der Waals surface area contributed by atoms with Crippen molar-refractivity contribution in [2.75, 3.05) is 44.7 Å². The lowest BCUT2D eigenvalue weighted by Crippen LogP contribution is -2.46. The Bertz CT molecular complexity index is 1200. The molecule has 2 aromatic rings. The van der Waals surface area contributed by atoms with E-state index >= 15 is 0 Å². The number of nitrogens with zero attached hydrogens (tertiary/aromatic N) is 4. The normalized spacial score (nSPS) is 20.4. The number of carbonyl (C=O) groups excluding carboxylic acids is 2. The van der Waals surface area contributed by atoms with E-state index < -0.39 is 11.9 Å². The van der Waals surface area contributed by atoms with Crippen molar-refractivity contribution in [3.8, 4) is 5.75 Å². The highest BCUT2D eigenvalue weighted by molar-refractivity contribution is 5.94. The number of unbranched alkanes of at least 4 members (excludes halogenated alkanes) is 1.